The highest BCUT2D eigenvalue weighted by atomic mass is 16.5. The van der Waals surface area contributed by atoms with Crippen LogP contribution in [0.15, 0.2) is 66.8 Å². The van der Waals surface area contributed by atoms with Gasteiger partial charge in [0.25, 0.3) is 11.7 Å². The van der Waals surface area contributed by atoms with Crippen molar-refractivity contribution < 1.29 is 24.2 Å². The standard InChI is InChI=1S/C28H34N2O5/c1-5-18-35-22-14-12-20(13-15-22)26(31)24-25(21-10-9-11-23(19-21)34-8-4)30(28(33)27(24)32)17-16-29(6-2)7-3/h5,9-15,19,25,31H,1,6-8,16-18H2,2-4H3/b26-24-. The molecule has 0 saturated carbocycles. The van der Waals surface area contributed by atoms with Gasteiger partial charge in [0.05, 0.1) is 18.2 Å². The van der Waals surface area contributed by atoms with E-state index in [9.17, 15) is 14.7 Å². The maximum absolute atomic E-state index is 13.2. The average molecular weight is 479 g/mol. The summed E-state index contributed by atoms with van der Waals surface area (Å²) in [4.78, 5) is 30.1. The number of carbonyl (C=O) groups is 2. The quantitative estimate of drug-likeness (QED) is 0.211. The summed E-state index contributed by atoms with van der Waals surface area (Å²) in [7, 11) is 0. The van der Waals surface area contributed by atoms with Crippen LogP contribution in [0.5, 0.6) is 11.5 Å². The number of benzene rings is 2. The maximum atomic E-state index is 13.2. The largest absolute Gasteiger partial charge is 0.507 e. The first kappa shape index (κ1) is 26.0. The Balaban J connectivity index is 2.06. The molecule has 1 N–H and O–H groups in total. The van der Waals surface area contributed by atoms with Crippen LogP contribution in [0.25, 0.3) is 5.76 Å². The summed E-state index contributed by atoms with van der Waals surface area (Å²) in [6, 6.07) is 13.4. The number of likely N-dealkylation sites (tertiary alicyclic amines) is 1. The SMILES string of the molecule is C=CCOc1ccc(/C(O)=C2/C(=O)C(=O)N(CCN(CC)CC)C2c2cccc(OCC)c2)cc1. The number of aliphatic hydroxyl groups is 1. The van der Waals surface area contributed by atoms with Gasteiger partial charge in [-0.2, -0.15) is 0 Å². The number of carbonyl (C=O) groups excluding carboxylic acids is 2. The van der Waals surface area contributed by atoms with Gasteiger partial charge in [-0.3, -0.25) is 9.59 Å². The van der Waals surface area contributed by atoms with E-state index < -0.39 is 17.7 Å². The fourth-order valence-corrected chi connectivity index (χ4v) is 4.21. The zero-order chi connectivity index (χ0) is 25.4. The summed E-state index contributed by atoms with van der Waals surface area (Å²) in [6.45, 7) is 13.2. The van der Waals surface area contributed by atoms with Crippen LogP contribution in [0, 0.1) is 0 Å². The summed E-state index contributed by atoms with van der Waals surface area (Å²) < 4.78 is 11.2. The Hall–Kier alpha value is -3.58. The van der Waals surface area contributed by atoms with E-state index in [4.69, 9.17) is 9.47 Å². The molecule has 2 aromatic carbocycles. The van der Waals surface area contributed by atoms with Crippen molar-refractivity contribution in [2.24, 2.45) is 0 Å². The molecule has 2 aromatic rings. The number of nitrogens with zero attached hydrogens (tertiary/aromatic N) is 2. The second kappa shape index (κ2) is 12.2. The third-order valence-corrected chi connectivity index (χ3v) is 6.07. The van der Waals surface area contributed by atoms with E-state index in [2.05, 4.69) is 25.3 Å². The molecule has 0 aliphatic carbocycles. The molecule has 1 atom stereocenters. The van der Waals surface area contributed by atoms with Gasteiger partial charge in [0.1, 0.15) is 23.9 Å². The maximum Gasteiger partial charge on any atom is 0.295 e. The average Bonchev–Trinajstić information content (AvgIpc) is 3.13. The van der Waals surface area contributed by atoms with E-state index in [-0.39, 0.29) is 11.3 Å². The smallest absolute Gasteiger partial charge is 0.295 e. The second-order valence-electron chi connectivity index (χ2n) is 8.15. The number of amides is 1. The first-order valence-electron chi connectivity index (χ1n) is 12.0. The van der Waals surface area contributed by atoms with E-state index in [0.717, 1.165) is 13.1 Å². The molecular formula is C28H34N2O5. The lowest BCUT2D eigenvalue weighted by atomic mass is 9.95. The first-order valence-corrected chi connectivity index (χ1v) is 12.0. The van der Waals surface area contributed by atoms with Gasteiger partial charge in [-0.1, -0.05) is 38.6 Å². The summed E-state index contributed by atoms with van der Waals surface area (Å²) >= 11 is 0. The Bertz CT molecular complexity index is 1070. The third kappa shape index (κ3) is 5.92. The van der Waals surface area contributed by atoms with Crippen LogP contribution in [0.2, 0.25) is 0 Å². The Labute approximate surface area is 207 Å². The van der Waals surface area contributed by atoms with Crippen molar-refractivity contribution in [1.29, 1.82) is 0 Å². The van der Waals surface area contributed by atoms with Crippen LogP contribution >= 0.6 is 0 Å². The summed E-state index contributed by atoms with van der Waals surface area (Å²) in [5, 5.41) is 11.2. The van der Waals surface area contributed by atoms with Crippen molar-refractivity contribution in [3.63, 3.8) is 0 Å². The number of likely N-dealkylation sites (N-methyl/N-ethyl adjacent to an activating group) is 1. The first-order chi connectivity index (χ1) is 16.9. The van der Waals surface area contributed by atoms with E-state index in [1.165, 1.54) is 0 Å². The topological polar surface area (TPSA) is 79.3 Å². The van der Waals surface area contributed by atoms with Gasteiger partial charge in [0.15, 0.2) is 0 Å². The van der Waals surface area contributed by atoms with Crippen molar-refractivity contribution in [2.45, 2.75) is 26.8 Å². The van der Waals surface area contributed by atoms with Crippen molar-refractivity contribution in [3.05, 3.63) is 77.9 Å². The lowest BCUT2D eigenvalue weighted by Gasteiger charge is -2.28. The molecule has 0 aromatic heterocycles. The third-order valence-electron chi connectivity index (χ3n) is 6.07. The second-order valence-corrected chi connectivity index (χ2v) is 8.15. The molecule has 35 heavy (non-hydrogen) atoms. The van der Waals surface area contributed by atoms with Crippen molar-refractivity contribution in [3.8, 4) is 11.5 Å². The van der Waals surface area contributed by atoms with E-state index in [1.807, 2.05) is 31.2 Å². The predicted molar refractivity (Wildman–Crippen MR) is 137 cm³/mol. The number of hydrogen-bond acceptors (Lipinski definition) is 6. The van der Waals surface area contributed by atoms with E-state index in [0.29, 0.717) is 48.9 Å². The number of hydrogen-bond donors (Lipinski definition) is 1. The molecule has 1 aliphatic heterocycles. The van der Waals surface area contributed by atoms with Gasteiger partial charge < -0.3 is 24.4 Å². The van der Waals surface area contributed by atoms with Crippen LogP contribution in [-0.2, 0) is 9.59 Å². The monoisotopic (exact) mass is 478 g/mol. The van der Waals surface area contributed by atoms with E-state index >= 15 is 0 Å². The molecule has 3 rings (SSSR count). The Morgan fingerprint density at radius 3 is 2.40 bits per heavy atom. The molecule has 1 heterocycles. The van der Waals surface area contributed by atoms with Crippen LogP contribution in [0.4, 0.5) is 0 Å². The minimum atomic E-state index is -0.720. The minimum absolute atomic E-state index is 0.0722. The fourth-order valence-electron chi connectivity index (χ4n) is 4.21. The number of rotatable bonds is 12. The molecule has 7 heteroatoms. The van der Waals surface area contributed by atoms with Crippen molar-refractivity contribution in [2.75, 3.05) is 39.4 Å². The Kier molecular flexibility index (Phi) is 9.09. The molecule has 186 valence electrons. The molecule has 1 fully saturated rings. The van der Waals surface area contributed by atoms with Crippen LogP contribution in [-0.4, -0.2) is 66.0 Å². The van der Waals surface area contributed by atoms with E-state index in [1.54, 1.807) is 35.2 Å². The number of aliphatic hydroxyl groups excluding tert-OH is 1. The molecule has 7 nitrogen and oxygen atoms in total. The van der Waals surface area contributed by atoms with Crippen molar-refractivity contribution in [1.82, 2.24) is 9.80 Å². The lowest BCUT2D eigenvalue weighted by molar-refractivity contribution is -0.140. The highest BCUT2D eigenvalue weighted by Gasteiger charge is 2.46. The molecule has 1 aliphatic rings. The minimum Gasteiger partial charge on any atom is -0.507 e. The Morgan fingerprint density at radius 2 is 1.77 bits per heavy atom. The molecule has 0 radical (unpaired) electrons. The molecule has 1 saturated heterocycles. The lowest BCUT2D eigenvalue weighted by Crippen LogP contribution is -2.38. The predicted octanol–water partition coefficient (Wildman–Crippen LogP) is 4.41. The van der Waals surface area contributed by atoms with Crippen LogP contribution < -0.4 is 9.47 Å². The highest BCUT2D eigenvalue weighted by molar-refractivity contribution is 6.46. The molecule has 0 bridgehead atoms. The molecule has 1 unspecified atom stereocenters. The summed E-state index contributed by atoms with van der Waals surface area (Å²) in [5.41, 5.74) is 1.22. The van der Waals surface area contributed by atoms with Gasteiger partial charge in [-0.15, -0.1) is 0 Å². The van der Waals surface area contributed by atoms with Gasteiger partial charge >= 0.3 is 0 Å². The summed E-state index contributed by atoms with van der Waals surface area (Å²) in [6.07, 6.45) is 1.64. The van der Waals surface area contributed by atoms with Gasteiger partial charge in [-0.05, 0) is 62.0 Å². The molecule has 1 amide bonds. The van der Waals surface area contributed by atoms with Crippen LogP contribution in [0.1, 0.15) is 37.9 Å². The molecule has 0 spiro atoms. The highest BCUT2D eigenvalue weighted by Crippen LogP contribution is 2.40. The van der Waals surface area contributed by atoms with Crippen molar-refractivity contribution >= 4 is 17.4 Å². The van der Waals surface area contributed by atoms with Gasteiger partial charge in [0, 0.05) is 18.7 Å². The number of Topliss-reactive ketones (excluding diaryl/α,β-unsaturated/α-hetero) is 1. The fraction of sp³-hybridized carbons (Fsp3) is 0.357. The zero-order valence-electron chi connectivity index (χ0n) is 20.7. The van der Waals surface area contributed by atoms with Gasteiger partial charge in [0.2, 0.25) is 0 Å². The number of ketones is 1. The Morgan fingerprint density at radius 1 is 1.06 bits per heavy atom. The number of ether oxygens (including phenoxy) is 2. The zero-order valence-corrected chi connectivity index (χ0v) is 20.7. The van der Waals surface area contributed by atoms with Crippen LogP contribution in [0.3, 0.4) is 0 Å². The normalized spacial score (nSPS) is 17.1. The molecular weight excluding hydrogens is 444 g/mol. The summed E-state index contributed by atoms with van der Waals surface area (Å²) in [5.74, 6) is -0.266. The van der Waals surface area contributed by atoms with Gasteiger partial charge in [-0.25, -0.2) is 0 Å².